The summed E-state index contributed by atoms with van der Waals surface area (Å²) >= 11 is 0. The lowest BCUT2D eigenvalue weighted by Gasteiger charge is -2.30. The third-order valence-electron chi connectivity index (χ3n) is 4.14. The molecule has 1 saturated carbocycles. The molecule has 0 radical (unpaired) electrons. The molecule has 1 aromatic heterocycles. The van der Waals surface area contributed by atoms with Crippen molar-refractivity contribution in [2.45, 2.75) is 39.2 Å². The van der Waals surface area contributed by atoms with E-state index >= 15 is 0 Å². The van der Waals surface area contributed by atoms with E-state index < -0.39 is 0 Å². The number of hydrogen-bond acceptors (Lipinski definition) is 3. The van der Waals surface area contributed by atoms with Crippen molar-refractivity contribution in [2.75, 3.05) is 13.2 Å². The minimum absolute atomic E-state index is 0.346. The molecule has 2 N–H and O–H groups in total. The molecule has 18 heavy (non-hydrogen) atoms. The highest BCUT2D eigenvalue weighted by molar-refractivity contribution is 5.14. The van der Waals surface area contributed by atoms with E-state index in [1.807, 2.05) is 18.7 Å². The number of rotatable bonds is 5. The Hall–Kier alpha value is -0.870. The molecule has 102 valence electrons. The number of aliphatic hydroxyl groups is 1. The second-order valence-electron chi connectivity index (χ2n) is 5.53. The van der Waals surface area contributed by atoms with Gasteiger partial charge in [0.25, 0.3) is 0 Å². The number of hydrogen-bond donors (Lipinski definition) is 2. The fourth-order valence-electron chi connectivity index (χ4n) is 3.01. The lowest BCUT2D eigenvalue weighted by atomic mass is 9.79. The monoisotopic (exact) mass is 251 g/mol. The molecule has 0 aromatic carbocycles. The SMILES string of the molecule is Cc1nn(C)cc1CNCC1CCCCC1CO. The van der Waals surface area contributed by atoms with E-state index in [1.165, 1.54) is 31.2 Å². The molecule has 0 aliphatic heterocycles. The first-order valence-corrected chi connectivity index (χ1v) is 7.01. The number of aromatic nitrogens is 2. The molecule has 2 rings (SSSR count). The molecule has 0 saturated heterocycles. The van der Waals surface area contributed by atoms with Gasteiger partial charge in [0.05, 0.1) is 5.69 Å². The summed E-state index contributed by atoms with van der Waals surface area (Å²) in [5, 5.41) is 17.3. The maximum absolute atomic E-state index is 9.38. The van der Waals surface area contributed by atoms with Gasteiger partial charge in [0.2, 0.25) is 0 Å². The number of nitrogens with zero attached hydrogens (tertiary/aromatic N) is 2. The van der Waals surface area contributed by atoms with Crippen molar-refractivity contribution >= 4 is 0 Å². The molecular formula is C14H25N3O. The third-order valence-corrected chi connectivity index (χ3v) is 4.14. The van der Waals surface area contributed by atoms with Gasteiger partial charge in [-0.25, -0.2) is 0 Å². The van der Waals surface area contributed by atoms with Gasteiger partial charge in [-0.05, 0) is 38.1 Å². The summed E-state index contributed by atoms with van der Waals surface area (Å²) in [4.78, 5) is 0. The van der Waals surface area contributed by atoms with Gasteiger partial charge in [-0.2, -0.15) is 5.10 Å². The van der Waals surface area contributed by atoms with Crippen LogP contribution >= 0.6 is 0 Å². The Labute approximate surface area is 109 Å². The minimum Gasteiger partial charge on any atom is -0.396 e. The third kappa shape index (κ3) is 3.33. The Morgan fingerprint density at radius 3 is 2.72 bits per heavy atom. The average molecular weight is 251 g/mol. The van der Waals surface area contributed by atoms with Gasteiger partial charge in [-0.3, -0.25) is 4.68 Å². The van der Waals surface area contributed by atoms with Gasteiger partial charge in [-0.1, -0.05) is 12.8 Å². The second kappa shape index (κ2) is 6.34. The van der Waals surface area contributed by atoms with E-state index in [2.05, 4.69) is 16.6 Å². The zero-order valence-electron chi connectivity index (χ0n) is 11.5. The summed E-state index contributed by atoms with van der Waals surface area (Å²) < 4.78 is 1.86. The predicted molar refractivity (Wildman–Crippen MR) is 72.2 cm³/mol. The molecule has 0 spiro atoms. The molecule has 1 aliphatic rings. The smallest absolute Gasteiger partial charge is 0.0638 e. The van der Waals surface area contributed by atoms with Crippen molar-refractivity contribution < 1.29 is 5.11 Å². The minimum atomic E-state index is 0.346. The average Bonchev–Trinajstić information content (AvgIpc) is 2.68. The van der Waals surface area contributed by atoms with Crippen molar-refractivity contribution in [3.8, 4) is 0 Å². The molecule has 2 atom stereocenters. The first-order valence-electron chi connectivity index (χ1n) is 7.01. The molecule has 2 unspecified atom stereocenters. The van der Waals surface area contributed by atoms with Crippen molar-refractivity contribution in [3.05, 3.63) is 17.5 Å². The molecule has 1 heterocycles. The summed E-state index contributed by atoms with van der Waals surface area (Å²) in [6.45, 7) is 4.29. The van der Waals surface area contributed by atoms with E-state index in [-0.39, 0.29) is 0 Å². The van der Waals surface area contributed by atoms with E-state index in [9.17, 15) is 5.11 Å². The predicted octanol–water partition coefficient (Wildman–Crippen LogP) is 1.62. The Morgan fingerprint density at radius 1 is 1.39 bits per heavy atom. The zero-order valence-corrected chi connectivity index (χ0v) is 11.5. The summed E-state index contributed by atoms with van der Waals surface area (Å²) in [5.74, 6) is 1.14. The quantitative estimate of drug-likeness (QED) is 0.836. The highest BCUT2D eigenvalue weighted by atomic mass is 16.3. The Bertz CT molecular complexity index is 375. The van der Waals surface area contributed by atoms with Gasteiger partial charge in [0.15, 0.2) is 0 Å². The first-order chi connectivity index (χ1) is 8.70. The van der Waals surface area contributed by atoms with Gasteiger partial charge < -0.3 is 10.4 Å². The van der Waals surface area contributed by atoms with E-state index in [4.69, 9.17) is 0 Å². The summed E-state index contributed by atoms with van der Waals surface area (Å²) in [7, 11) is 1.96. The van der Waals surface area contributed by atoms with Crippen LogP contribution in [0.15, 0.2) is 6.20 Å². The van der Waals surface area contributed by atoms with Crippen LogP contribution in [-0.4, -0.2) is 28.0 Å². The Balaban J connectivity index is 1.79. The van der Waals surface area contributed by atoms with Crippen molar-refractivity contribution in [3.63, 3.8) is 0 Å². The lowest BCUT2D eigenvalue weighted by Crippen LogP contribution is -2.32. The van der Waals surface area contributed by atoms with Gasteiger partial charge >= 0.3 is 0 Å². The fourth-order valence-corrected chi connectivity index (χ4v) is 3.01. The summed E-state index contributed by atoms with van der Waals surface area (Å²) in [6.07, 6.45) is 7.12. The normalized spacial score (nSPS) is 24.4. The number of aliphatic hydroxyl groups excluding tert-OH is 1. The van der Waals surface area contributed by atoms with Crippen molar-refractivity contribution in [1.82, 2.24) is 15.1 Å². The van der Waals surface area contributed by atoms with Crippen molar-refractivity contribution in [1.29, 1.82) is 0 Å². The second-order valence-corrected chi connectivity index (χ2v) is 5.53. The Kier molecular flexibility index (Phi) is 4.78. The fraction of sp³-hybridized carbons (Fsp3) is 0.786. The lowest BCUT2D eigenvalue weighted by molar-refractivity contribution is 0.133. The highest BCUT2D eigenvalue weighted by Gasteiger charge is 2.23. The Morgan fingerprint density at radius 2 is 2.11 bits per heavy atom. The maximum atomic E-state index is 9.38. The summed E-state index contributed by atoms with van der Waals surface area (Å²) in [6, 6.07) is 0. The van der Waals surface area contributed by atoms with Crippen LogP contribution in [0, 0.1) is 18.8 Å². The van der Waals surface area contributed by atoms with E-state index in [0.717, 1.165) is 18.8 Å². The van der Waals surface area contributed by atoms with Gasteiger partial charge in [0.1, 0.15) is 0 Å². The van der Waals surface area contributed by atoms with Crippen LogP contribution in [0.1, 0.15) is 36.9 Å². The maximum Gasteiger partial charge on any atom is 0.0638 e. The molecule has 0 bridgehead atoms. The van der Waals surface area contributed by atoms with Gasteiger partial charge in [-0.15, -0.1) is 0 Å². The van der Waals surface area contributed by atoms with Crippen LogP contribution in [0.4, 0.5) is 0 Å². The van der Waals surface area contributed by atoms with Crippen LogP contribution < -0.4 is 5.32 Å². The molecule has 0 amide bonds. The van der Waals surface area contributed by atoms with Gasteiger partial charge in [0, 0.05) is 32.0 Å². The number of nitrogens with one attached hydrogen (secondary N) is 1. The first kappa shape index (κ1) is 13.6. The molecule has 1 aliphatic carbocycles. The van der Waals surface area contributed by atoms with Crippen molar-refractivity contribution in [2.24, 2.45) is 18.9 Å². The van der Waals surface area contributed by atoms with Crippen LogP contribution in [0.2, 0.25) is 0 Å². The largest absolute Gasteiger partial charge is 0.396 e. The molecule has 4 nitrogen and oxygen atoms in total. The molecule has 4 heteroatoms. The zero-order chi connectivity index (χ0) is 13.0. The standard InChI is InChI=1S/C14H25N3O/c1-11-14(9-17(2)16-11)8-15-7-12-5-3-4-6-13(12)10-18/h9,12-13,15,18H,3-8,10H2,1-2H3. The number of aryl methyl sites for hydroxylation is 2. The molecule has 1 aromatic rings. The molecular weight excluding hydrogens is 226 g/mol. The molecule has 1 fully saturated rings. The van der Waals surface area contributed by atoms with E-state index in [0.29, 0.717) is 18.4 Å². The topological polar surface area (TPSA) is 50.1 Å². The van der Waals surface area contributed by atoms with Crippen LogP contribution in [0.5, 0.6) is 0 Å². The van der Waals surface area contributed by atoms with Crippen LogP contribution in [0.3, 0.4) is 0 Å². The van der Waals surface area contributed by atoms with Crippen LogP contribution in [-0.2, 0) is 13.6 Å². The summed E-state index contributed by atoms with van der Waals surface area (Å²) in [5.41, 5.74) is 2.38. The van der Waals surface area contributed by atoms with Crippen LogP contribution in [0.25, 0.3) is 0 Å². The highest BCUT2D eigenvalue weighted by Crippen LogP contribution is 2.29. The van der Waals surface area contributed by atoms with E-state index in [1.54, 1.807) is 0 Å².